The maximum atomic E-state index is 14.5. The second-order valence-electron chi connectivity index (χ2n) is 9.75. The Balaban J connectivity index is 1.78. The fourth-order valence-electron chi connectivity index (χ4n) is 6.08. The lowest BCUT2D eigenvalue weighted by atomic mass is 9.58. The smallest absolute Gasteiger partial charge is 0.332 e. The third-order valence-corrected chi connectivity index (χ3v) is 8.19. The number of hydrogen-bond acceptors (Lipinski definition) is 4. The van der Waals surface area contributed by atoms with Crippen molar-refractivity contribution in [1.29, 1.82) is 0 Å². The summed E-state index contributed by atoms with van der Waals surface area (Å²) >= 11 is 12.9. The van der Waals surface area contributed by atoms with Crippen molar-refractivity contribution in [2.24, 2.45) is 5.41 Å². The molecule has 2 heterocycles. The molecule has 2 atom stereocenters. The van der Waals surface area contributed by atoms with E-state index < -0.39 is 35.2 Å². The summed E-state index contributed by atoms with van der Waals surface area (Å²) in [7, 11) is 2.83. The fourth-order valence-corrected chi connectivity index (χ4v) is 6.48. The zero-order valence-electron chi connectivity index (χ0n) is 20.6. The Morgan fingerprint density at radius 2 is 1.34 bits per heavy atom. The topological polar surface area (TPSA) is 69.7 Å². The molecular weight excluding hydrogens is 521 g/mol. The zero-order valence-corrected chi connectivity index (χ0v) is 22.1. The monoisotopic (exact) mass is 543 g/mol. The molecule has 8 heteroatoms. The molecule has 6 nitrogen and oxygen atoms in total. The number of urea groups is 1. The third-order valence-electron chi connectivity index (χ3n) is 7.72. The maximum absolute atomic E-state index is 14.5. The molecule has 0 radical (unpaired) electrons. The van der Waals surface area contributed by atoms with Crippen molar-refractivity contribution >= 4 is 57.5 Å². The highest BCUT2D eigenvalue weighted by molar-refractivity contribution is 6.31. The quantitative estimate of drug-likeness (QED) is 0.293. The van der Waals surface area contributed by atoms with Crippen LogP contribution in [0.15, 0.2) is 84.9 Å². The molecule has 4 amide bonds. The first-order valence-electron chi connectivity index (χ1n) is 12.1. The summed E-state index contributed by atoms with van der Waals surface area (Å²) in [5.74, 6) is -1.95. The van der Waals surface area contributed by atoms with Gasteiger partial charge in [-0.3, -0.25) is 19.4 Å². The fraction of sp³-hybridized carbons (Fsp3) is 0.167. The molecule has 38 heavy (non-hydrogen) atoms. The highest BCUT2D eigenvalue weighted by Gasteiger charge is 2.67. The maximum Gasteiger partial charge on any atom is 0.332 e. The van der Waals surface area contributed by atoms with Crippen molar-refractivity contribution in [2.75, 3.05) is 19.4 Å². The number of amides is 4. The number of nitrogens with zero attached hydrogens (tertiary/aromatic N) is 2. The lowest BCUT2D eigenvalue weighted by Crippen LogP contribution is -2.68. The zero-order chi connectivity index (χ0) is 26.8. The van der Waals surface area contributed by atoms with Crippen molar-refractivity contribution in [1.82, 2.24) is 9.80 Å². The van der Waals surface area contributed by atoms with E-state index in [1.54, 1.807) is 30.3 Å². The van der Waals surface area contributed by atoms with Crippen LogP contribution in [-0.2, 0) is 9.59 Å². The summed E-state index contributed by atoms with van der Waals surface area (Å²) in [4.78, 5) is 44.1. The predicted octanol–water partition coefficient (Wildman–Crippen LogP) is 6.48. The molecule has 0 aromatic heterocycles. The molecule has 1 N–H and O–H groups in total. The van der Waals surface area contributed by atoms with Crippen molar-refractivity contribution in [3.63, 3.8) is 0 Å². The molecular formula is C30H23Cl2N3O3. The van der Waals surface area contributed by atoms with Gasteiger partial charge in [-0.2, -0.15) is 0 Å². The average molecular weight is 544 g/mol. The molecule has 4 aromatic carbocycles. The van der Waals surface area contributed by atoms with Crippen LogP contribution in [0.4, 0.5) is 10.5 Å². The summed E-state index contributed by atoms with van der Waals surface area (Å²) in [5, 5.41) is 6.33. The van der Waals surface area contributed by atoms with Gasteiger partial charge >= 0.3 is 6.03 Å². The summed E-state index contributed by atoms with van der Waals surface area (Å²) in [6.45, 7) is 0. The van der Waals surface area contributed by atoms with E-state index in [0.717, 1.165) is 31.8 Å². The van der Waals surface area contributed by atoms with Crippen LogP contribution in [0.5, 0.6) is 0 Å². The molecule has 0 unspecified atom stereocenters. The lowest BCUT2D eigenvalue weighted by molar-refractivity contribution is -0.160. The number of carbonyl (C=O) groups is 3. The molecule has 2 aliphatic heterocycles. The normalized spacial score (nSPS) is 20.6. The highest BCUT2D eigenvalue weighted by Crippen LogP contribution is 2.60. The number of benzene rings is 4. The first-order valence-corrected chi connectivity index (χ1v) is 12.9. The van der Waals surface area contributed by atoms with E-state index in [1.807, 2.05) is 54.6 Å². The van der Waals surface area contributed by atoms with Gasteiger partial charge in [0.1, 0.15) is 0 Å². The number of carbonyl (C=O) groups excluding carboxylic acids is 3. The minimum atomic E-state index is -1.76. The molecule has 2 aliphatic rings. The van der Waals surface area contributed by atoms with Gasteiger partial charge in [-0.25, -0.2) is 4.79 Å². The molecule has 6 rings (SSSR count). The summed E-state index contributed by atoms with van der Waals surface area (Å²) in [6.07, 6.45) is 0. The van der Waals surface area contributed by atoms with Gasteiger partial charge in [0.15, 0.2) is 5.41 Å². The average Bonchev–Trinajstić information content (AvgIpc) is 2.93. The van der Waals surface area contributed by atoms with Crippen molar-refractivity contribution < 1.29 is 14.4 Å². The van der Waals surface area contributed by atoms with Crippen LogP contribution in [0.3, 0.4) is 0 Å². The lowest BCUT2D eigenvalue weighted by Gasteiger charge is -2.53. The van der Waals surface area contributed by atoms with Crippen molar-refractivity contribution in [3.05, 3.63) is 112 Å². The molecule has 0 aliphatic carbocycles. The number of fused-ring (bicyclic) bond motifs is 3. The van der Waals surface area contributed by atoms with Crippen LogP contribution in [-0.4, -0.2) is 41.7 Å². The second kappa shape index (κ2) is 8.86. The first kappa shape index (κ1) is 24.5. The van der Waals surface area contributed by atoms with Gasteiger partial charge in [0.2, 0.25) is 11.8 Å². The molecule has 1 spiro atoms. The van der Waals surface area contributed by atoms with E-state index in [2.05, 4.69) is 5.32 Å². The van der Waals surface area contributed by atoms with Gasteiger partial charge < -0.3 is 5.32 Å². The van der Waals surface area contributed by atoms with E-state index >= 15 is 0 Å². The van der Waals surface area contributed by atoms with E-state index in [1.165, 1.54) is 14.1 Å². The van der Waals surface area contributed by atoms with Gasteiger partial charge in [-0.1, -0.05) is 77.8 Å². The summed E-state index contributed by atoms with van der Waals surface area (Å²) in [6, 6.07) is 24.7. The molecule has 190 valence electrons. The molecule has 1 fully saturated rings. The number of nitrogens with one attached hydrogen (secondary N) is 1. The Morgan fingerprint density at radius 1 is 0.737 bits per heavy atom. The standard InChI is InChI=1S/C30H23Cl2N3O3/c1-34-27(36)30(28(37)35(2)29(34)38)25(18-8-5-10-20(31)15-18)24-22-12-4-3-7-17(22)13-14-23(24)33-26(30)19-9-6-11-21(32)16-19/h3-16,25-26,33H,1-2H3/t25-,26-/m1/s1. The van der Waals surface area contributed by atoms with Crippen molar-refractivity contribution in [3.8, 4) is 0 Å². The number of anilines is 1. The Morgan fingerprint density at radius 3 is 2.00 bits per heavy atom. The Kier molecular flexibility index (Phi) is 5.70. The van der Waals surface area contributed by atoms with Gasteiger partial charge in [0, 0.05) is 35.7 Å². The highest BCUT2D eigenvalue weighted by atomic mass is 35.5. The van der Waals surface area contributed by atoms with Crippen LogP contribution < -0.4 is 5.32 Å². The SMILES string of the molecule is CN1C(=O)N(C)C(=O)C2(C1=O)[C@H](c1cccc(Cl)c1)c1c(ccc3ccccc13)N[C@@H]2c1cccc(Cl)c1. The minimum absolute atomic E-state index is 0.469. The first-order chi connectivity index (χ1) is 18.2. The summed E-state index contributed by atoms with van der Waals surface area (Å²) in [5.41, 5.74) is 1.17. The van der Waals surface area contributed by atoms with Crippen LogP contribution in [0.2, 0.25) is 10.0 Å². The Bertz CT molecular complexity index is 1630. The summed E-state index contributed by atoms with van der Waals surface area (Å²) < 4.78 is 0. The molecule has 4 aromatic rings. The number of imide groups is 2. The van der Waals surface area contributed by atoms with E-state index in [9.17, 15) is 14.4 Å². The number of rotatable bonds is 2. The molecule has 0 saturated carbocycles. The third kappa shape index (κ3) is 3.37. The van der Waals surface area contributed by atoms with Gasteiger partial charge in [0.25, 0.3) is 0 Å². The molecule has 0 bridgehead atoms. The Labute approximate surface area is 229 Å². The van der Waals surface area contributed by atoms with Gasteiger partial charge in [0.05, 0.1) is 6.04 Å². The van der Waals surface area contributed by atoms with Crippen LogP contribution in [0.1, 0.15) is 28.7 Å². The van der Waals surface area contributed by atoms with Gasteiger partial charge in [-0.15, -0.1) is 0 Å². The van der Waals surface area contributed by atoms with Crippen LogP contribution in [0.25, 0.3) is 10.8 Å². The molecule has 1 saturated heterocycles. The van der Waals surface area contributed by atoms with E-state index in [4.69, 9.17) is 23.2 Å². The number of barbiturate groups is 1. The van der Waals surface area contributed by atoms with Crippen LogP contribution in [0, 0.1) is 5.41 Å². The second-order valence-corrected chi connectivity index (χ2v) is 10.6. The minimum Gasteiger partial charge on any atom is -0.376 e. The van der Waals surface area contributed by atoms with E-state index in [-0.39, 0.29) is 0 Å². The number of halogens is 2. The predicted molar refractivity (Wildman–Crippen MR) is 148 cm³/mol. The number of hydrogen-bond donors (Lipinski definition) is 1. The van der Waals surface area contributed by atoms with Gasteiger partial charge in [-0.05, 0) is 57.8 Å². The van der Waals surface area contributed by atoms with Crippen molar-refractivity contribution in [2.45, 2.75) is 12.0 Å². The Hall–Kier alpha value is -3.87. The van der Waals surface area contributed by atoms with E-state index in [0.29, 0.717) is 21.2 Å². The largest absolute Gasteiger partial charge is 0.376 e. The van der Waals surface area contributed by atoms with Crippen LogP contribution >= 0.6 is 23.2 Å².